The SMILES string of the molecule is CCN(CC)CCN1C(=O)C(=O)C(=C(O)c2ccc(OCc3ccccc3C)cc2)C1c1ccc(C(C)(C)C)cc1. The lowest BCUT2D eigenvalue weighted by molar-refractivity contribution is -0.140. The van der Waals surface area contributed by atoms with E-state index in [4.69, 9.17) is 4.74 Å². The summed E-state index contributed by atoms with van der Waals surface area (Å²) >= 11 is 0. The zero-order valence-electron chi connectivity index (χ0n) is 25.1. The molecule has 1 aliphatic rings. The van der Waals surface area contributed by atoms with E-state index < -0.39 is 17.7 Å². The summed E-state index contributed by atoms with van der Waals surface area (Å²) in [7, 11) is 0. The number of benzene rings is 3. The molecular formula is C35H42N2O4. The average Bonchev–Trinajstić information content (AvgIpc) is 3.22. The number of rotatable bonds is 10. The Hall–Kier alpha value is -3.90. The number of ether oxygens (including phenoxy) is 1. The van der Waals surface area contributed by atoms with Crippen molar-refractivity contribution in [3.8, 4) is 5.75 Å². The van der Waals surface area contributed by atoms with E-state index in [0.29, 0.717) is 31.0 Å². The topological polar surface area (TPSA) is 70.1 Å². The van der Waals surface area contributed by atoms with Gasteiger partial charge in [0, 0.05) is 18.7 Å². The minimum absolute atomic E-state index is 0.0356. The second-order valence-corrected chi connectivity index (χ2v) is 11.6. The summed E-state index contributed by atoms with van der Waals surface area (Å²) in [5.41, 5.74) is 4.76. The highest BCUT2D eigenvalue weighted by atomic mass is 16.5. The first-order chi connectivity index (χ1) is 19.5. The van der Waals surface area contributed by atoms with Crippen molar-refractivity contribution in [2.24, 2.45) is 0 Å². The van der Waals surface area contributed by atoms with Gasteiger partial charge in [-0.3, -0.25) is 9.59 Å². The van der Waals surface area contributed by atoms with Crippen LogP contribution in [0, 0.1) is 6.92 Å². The summed E-state index contributed by atoms with van der Waals surface area (Å²) < 4.78 is 5.96. The highest BCUT2D eigenvalue weighted by Crippen LogP contribution is 2.40. The second-order valence-electron chi connectivity index (χ2n) is 11.6. The van der Waals surface area contributed by atoms with E-state index in [-0.39, 0.29) is 16.7 Å². The van der Waals surface area contributed by atoms with Gasteiger partial charge >= 0.3 is 0 Å². The van der Waals surface area contributed by atoms with Crippen molar-refractivity contribution in [2.45, 2.75) is 59.6 Å². The maximum Gasteiger partial charge on any atom is 0.295 e. The van der Waals surface area contributed by atoms with Gasteiger partial charge < -0.3 is 19.6 Å². The van der Waals surface area contributed by atoms with Crippen LogP contribution in [-0.4, -0.2) is 52.8 Å². The number of hydrogen-bond acceptors (Lipinski definition) is 5. The maximum atomic E-state index is 13.4. The molecule has 1 aliphatic heterocycles. The van der Waals surface area contributed by atoms with Crippen molar-refractivity contribution in [1.82, 2.24) is 9.80 Å². The first-order valence-corrected chi connectivity index (χ1v) is 14.4. The monoisotopic (exact) mass is 554 g/mol. The second kappa shape index (κ2) is 12.7. The first-order valence-electron chi connectivity index (χ1n) is 14.4. The number of likely N-dealkylation sites (N-methyl/N-ethyl adjacent to an activating group) is 1. The van der Waals surface area contributed by atoms with Gasteiger partial charge in [-0.25, -0.2) is 0 Å². The fourth-order valence-corrected chi connectivity index (χ4v) is 5.21. The quantitative estimate of drug-likeness (QED) is 0.173. The highest BCUT2D eigenvalue weighted by Gasteiger charge is 2.46. The fourth-order valence-electron chi connectivity index (χ4n) is 5.21. The summed E-state index contributed by atoms with van der Waals surface area (Å²) in [5, 5.41) is 11.5. The fraction of sp³-hybridized carbons (Fsp3) is 0.371. The predicted octanol–water partition coefficient (Wildman–Crippen LogP) is 6.64. The van der Waals surface area contributed by atoms with Crippen LogP contribution in [0.5, 0.6) is 5.75 Å². The Morgan fingerprint density at radius 3 is 2.15 bits per heavy atom. The molecule has 0 bridgehead atoms. The number of likely N-dealkylation sites (tertiary alicyclic amines) is 1. The number of Topliss-reactive ketones (excluding diaryl/α,β-unsaturated/α-hetero) is 1. The van der Waals surface area contributed by atoms with E-state index in [9.17, 15) is 14.7 Å². The van der Waals surface area contributed by atoms with Crippen LogP contribution in [0.15, 0.2) is 78.4 Å². The van der Waals surface area contributed by atoms with E-state index in [1.165, 1.54) is 0 Å². The molecule has 1 saturated heterocycles. The minimum atomic E-state index is -0.670. The lowest BCUT2D eigenvalue weighted by Gasteiger charge is -2.28. The Bertz CT molecular complexity index is 1400. The predicted molar refractivity (Wildman–Crippen MR) is 164 cm³/mol. The van der Waals surface area contributed by atoms with Crippen LogP contribution in [0.2, 0.25) is 0 Å². The number of amides is 1. The molecule has 1 unspecified atom stereocenters. The minimum Gasteiger partial charge on any atom is -0.507 e. The molecule has 1 fully saturated rings. The molecule has 1 N–H and O–H groups in total. The van der Waals surface area contributed by atoms with Crippen molar-refractivity contribution in [2.75, 3.05) is 26.2 Å². The standard InChI is InChI=1S/C35H42N2O4/c1-7-36(8-2)21-22-37-31(25-13-17-28(18-14-25)35(4,5)6)30(33(39)34(37)40)32(38)26-15-19-29(20-16-26)41-23-27-12-10-9-11-24(27)3/h9-20,31,38H,7-8,21-23H2,1-6H3. The molecule has 0 aliphatic carbocycles. The Labute approximate surface area is 244 Å². The summed E-state index contributed by atoms with van der Waals surface area (Å²) in [6.45, 7) is 15.8. The Morgan fingerprint density at radius 2 is 1.56 bits per heavy atom. The van der Waals surface area contributed by atoms with Crippen molar-refractivity contribution in [3.05, 3.63) is 106 Å². The zero-order chi connectivity index (χ0) is 29.7. The normalized spacial score (nSPS) is 17.0. The number of aryl methyl sites for hydroxylation is 1. The van der Waals surface area contributed by atoms with E-state index in [1.807, 2.05) is 55.5 Å². The van der Waals surface area contributed by atoms with E-state index >= 15 is 0 Å². The Morgan fingerprint density at radius 1 is 0.927 bits per heavy atom. The Kier molecular flexibility index (Phi) is 9.34. The van der Waals surface area contributed by atoms with Gasteiger partial charge in [0.25, 0.3) is 11.7 Å². The Balaban J connectivity index is 1.67. The number of aliphatic hydroxyl groups excluding tert-OH is 1. The van der Waals surface area contributed by atoms with Gasteiger partial charge in [0.2, 0.25) is 0 Å². The third kappa shape index (κ3) is 6.71. The van der Waals surface area contributed by atoms with Crippen LogP contribution < -0.4 is 4.74 Å². The molecule has 3 aromatic rings. The van der Waals surface area contributed by atoms with Gasteiger partial charge in [-0.1, -0.05) is 83.1 Å². The van der Waals surface area contributed by atoms with E-state index in [1.54, 1.807) is 29.2 Å². The molecule has 6 heteroatoms. The van der Waals surface area contributed by atoms with Gasteiger partial charge in [-0.2, -0.15) is 0 Å². The molecule has 4 rings (SSSR count). The van der Waals surface area contributed by atoms with Crippen molar-refractivity contribution in [3.63, 3.8) is 0 Å². The van der Waals surface area contributed by atoms with Gasteiger partial charge in [0.05, 0.1) is 11.6 Å². The summed E-state index contributed by atoms with van der Waals surface area (Å²) in [5.74, 6) is -0.767. The van der Waals surface area contributed by atoms with Crippen LogP contribution in [-0.2, 0) is 21.6 Å². The van der Waals surface area contributed by atoms with Crippen LogP contribution in [0.1, 0.15) is 68.5 Å². The first kappa shape index (κ1) is 30.1. The number of carbonyl (C=O) groups excluding carboxylic acids is 2. The number of nitrogens with zero attached hydrogens (tertiary/aromatic N) is 2. The summed E-state index contributed by atoms with van der Waals surface area (Å²) in [6.07, 6.45) is 0. The number of carbonyl (C=O) groups is 2. The lowest BCUT2D eigenvalue weighted by Crippen LogP contribution is -2.38. The van der Waals surface area contributed by atoms with Crippen LogP contribution >= 0.6 is 0 Å². The molecule has 6 nitrogen and oxygen atoms in total. The summed E-state index contributed by atoms with van der Waals surface area (Å²) in [6, 6.07) is 22.4. The van der Waals surface area contributed by atoms with Gasteiger partial charge in [0.1, 0.15) is 18.1 Å². The van der Waals surface area contributed by atoms with Gasteiger partial charge in [0.15, 0.2) is 0 Å². The van der Waals surface area contributed by atoms with Crippen molar-refractivity contribution >= 4 is 17.4 Å². The average molecular weight is 555 g/mol. The summed E-state index contributed by atoms with van der Waals surface area (Å²) in [4.78, 5) is 30.6. The molecule has 0 saturated carbocycles. The molecule has 3 aromatic carbocycles. The molecule has 1 heterocycles. The lowest BCUT2D eigenvalue weighted by atomic mass is 9.85. The largest absolute Gasteiger partial charge is 0.507 e. The van der Waals surface area contributed by atoms with Crippen molar-refractivity contribution in [1.29, 1.82) is 0 Å². The molecule has 41 heavy (non-hydrogen) atoms. The third-order valence-corrected chi connectivity index (χ3v) is 7.97. The number of hydrogen-bond donors (Lipinski definition) is 1. The van der Waals surface area contributed by atoms with Crippen molar-refractivity contribution < 1.29 is 19.4 Å². The zero-order valence-corrected chi connectivity index (χ0v) is 25.1. The molecule has 0 aromatic heterocycles. The molecular weight excluding hydrogens is 512 g/mol. The molecule has 1 amide bonds. The van der Waals surface area contributed by atoms with E-state index in [2.05, 4.69) is 39.5 Å². The smallest absolute Gasteiger partial charge is 0.295 e. The van der Waals surface area contributed by atoms with Crippen LogP contribution in [0.4, 0.5) is 0 Å². The van der Waals surface area contributed by atoms with Crippen LogP contribution in [0.3, 0.4) is 0 Å². The number of aliphatic hydroxyl groups is 1. The molecule has 0 spiro atoms. The maximum absolute atomic E-state index is 13.4. The number of ketones is 1. The van der Waals surface area contributed by atoms with Gasteiger partial charge in [-0.05, 0) is 71.9 Å². The van der Waals surface area contributed by atoms with E-state index in [0.717, 1.165) is 35.3 Å². The highest BCUT2D eigenvalue weighted by molar-refractivity contribution is 6.46. The van der Waals surface area contributed by atoms with Gasteiger partial charge in [-0.15, -0.1) is 0 Å². The third-order valence-electron chi connectivity index (χ3n) is 7.97. The van der Waals surface area contributed by atoms with Crippen LogP contribution in [0.25, 0.3) is 5.76 Å². The molecule has 216 valence electrons. The molecule has 0 radical (unpaired) electrons. The molecule has 1 atom stereocenters.